The Morgan fingerprint density at radius 1 is 1.44 bits per heavy atom. The van der Waals surface area contributed by atoms with E-state index in [1.54, 1.807) is 0 Å². The van der Waals surface area contributed by atoms with Crippen molar-refractivity contribution in [3.8, 4) is 0 Å². The minimum Gasteiger partial charge on any atom is -0.309 e. The Balaban J connectivity index is 1.94. The van der Waals surface area contributed by atoms with E-state index in [0.29, 0.717) is 6.54 Å². The van der Waals surface area contributed by atoms with Gasteiger partial charge >= 0.3 is 0 Å². The molecule has 18 heavy (non-hydrogen) atoms. The highest BCUT2D eigenvalue weighted by atomic mass is 35.5. The van der Waals surface area contributed by atoms with Crippen molar-refractivity contribution in [3.05, 3.63) is 34.3 Å². The van der Waals surface area contributed by atoms with Crippen molar-refractivity contribution in [1.82, 2.24) is 10.0 Å². The lowest BCUT2D eigenvalue weighted by Crippen LogP contribution is -2.31. The summed E-state index contributed by atoms with van der Waals surface area (Å²) >= 11 is 5.95. The maximum Gasteiger partial charge on any atom is 0.212 e. The lowest BCUT2D eigenvalue weighted by atomic mass is 10.1. The second-order valence-electron chi connectivity index (χ2n) is 4.41. The van der Waals surface area contributed by atoms with Gasteiger partial charge in [0.15, 0.2) is 0 Å². The number of hydrogen-bond acceptors (Lipinski definition) is 3. The molecule has 0 saturated heterocycles. The fraction of sp³-hybridized carbons (Fsp3) is 0.500. The summed E-state index contributed by atoms with van der Waals surface area (Å²) in [5.41, 5.74) is 2.50. The largest absolute Gasteiger partial charge is 0.309 e. The van der Waals surface area contributed by atoms with Gasteiger partial charge in [0.1, 0.15) is 0 Å². The van der Waals surface area contributed by atoms with Crippen molar-refractivity contribution in [2.24, 2.45) is 0 Å². The zero-order chi connectivity index (χ0) is 13.2. The zero-order valence-electron chi connectivity index (χ0n) is 10.2. The maximum absolute atomic E-state index is 11.3. The normalized spacial score (nSPS) is 18.9. The molecule has 0 bridgehead atoms. The van der Waals surface area contributed by atoms with E-state index < -0.39 is 10.0 Å². The molecule has 1 aromatic carbocycles. The number of fused-ring (bicyclic) bond motifs is 1. The predicted molar refractivity (Wildman–Crippen MR) is 73.4 cm³/mol. The molecule has 1 atom stereocenters. The Labute approximate surface area is 113 Å². The minimum absolute atomic E-state index is 0.100. The Kier molecular flexibility index (Phi) is 4.27. The highest BCUT2D eigenvalue weighted by Gasteiger charge is 2.22. The number of aryl methyl sites for hydroxylation is 1. The van der Waals surface area contributed by atoms with E-state index >= 15 is 0 Å². The van der Waals surface area contributed by atoms with E-state index in [4.69, 9.17) is 11.6 Å². The summed E-state index contributed by atoms with van der Waals surface area (Å²) < 4.78 is 24.9. The summed E-state index contributed by atoms with van der Waals surface area (Å²) in [6.07, 6.45) is 1.99. The third-order valence-corrected chi connectivity index (χ3v) is 4.85. The van der Waals surface area contributed by atoms with Crippen LogP contribution in [-0.4, -0.2) is 27.8 Å². The van der Waals surface area contributed by atoms with Crippen LogP contribution in [0.5, 0.6) is 0 Å². The number of hydrogen-bond donors (Lipinski definition) is 2. The summed E-state index contributed by atoms with van der Waals surface area (Å²) in [5, 5.41) is 4.04. The quantitative estimate of drug-likeness (QED) is 0.862. The summed E-state index contributed by atoms with van der Waals surface area (Å²) in [5.74, 6) is 0.100. The number of halogens is 1. The van der Waals surface area contributed by atoms with Crippen molar-refractivity contribution in [3.63, 3.8) is 0 Å². The van der Waals surface area contributed by atoms with Gasteiger partial charge < -0.3 is 5.32 Å². The third kappa shape index (κ3) is 3.23. The highest BCUT2D eigenvalue weighted by Crippen LogP contribution is 2.32. The summed E-state index contributed by atoms with van der Waals surface area (Å²) in [6.45, 7) is 0.454. The Morgan fingerprint density at radius 3 is 2.94 bits per heavy atom. The molecule has 1 aliphatic carbocycles. The van der Waals surface area contributed by atoms with E-state index in [0.717, 1.165) is 17.9 Å². The molecule has 1 aliphatic rings. The second-order valence-corrected chi connectivity index (χ2v) is 6.89. The Bertz CT molecular complexity index is 531. The van der Waals surface area contributed by atoms with Gasteiger partial charge in [-0.2, -0.15) is 0 Å². The molecule has 4 nitrogen and oxygen atoms in total. The first-order valence-corrected chi connectivity index (χ1v) is 7.98. The fourth-order valence-corrected chi connectivity index (χ4v) is 3.05. The molecular weight excluding hydrogens is 272 g/mol. The summed E-state index contributed by atoms with van der Waals surface area (Å²) in [7, 11) is -1.70. The highest BCUT2D eigenvalue weighted by molar-refractivity contribution is 7.89. The van der Waals surface area contributed by atoms with Gasteiger partial charge in [0, 0.05) is 17.6 Å². The molecule has 0 heterocycles. The molecule has 0 aromatic heterocycles. The molecule has 0 fully saturated rings. The van der Waals surface area contributed by atoms with E-state index in [1.165, 1.54) is 18.2 Å². The van der Waals surface area contributed by atoms with Crippen molar-refractivity contribution in [2.45, 2.75) is 18.9 Å². The van der Waals surface area contributed by atoms with Gasteiger partial charge in [0.2, 0.25) is 10.0 Å². The van der Waals surface area contributed by atoms with Crippen LogP contribution in [0, 0.1) is 0 Å². The average molecular weight is 289 g/mol. The van der Waals surface area contributed by atoms with Crippen molar-refractivity contribution < 1.29 is 8.42 Å². The zero-order valence-corrected chi connectivity index (χ0v) is 11.8. The molecule has 2 rings (SSSR count). The average Bonchev–Trinajstić information content (AvgIpc) is 2.71. The Hall–Kier alpha value is -0.620. The molecule has 6 heteroatoms. The van der Waals surface area contributed by atoms with Gasteiger partial charge in [-0.3, -0.25) is 0 Å². The number of benzene rings is 1. The van der Waals surface area contributed by atoms with Crippen LogP contribution in [0.3, 0.4) is 0 Å². The summed E-state index contributed by atoms with van der Waals surface area (Å²) in [4.78, 5) is 0. The summed E-state index contributed by atoms with van der Waals surface area (Å²) in [6, 6.07) is 6.13. The van der Waals surface area contributed by atoms with E-state index in [1.807, 2.05) is 18.2 Å². The van der Waals surface area contributed by atoms with Crippen LogP contribution in [0.25, 0.3) is 0 Å². The molecule has 0 spiro atoms. The van der Waals surface area contributed by atoms with Crippen molar-refractivity contribution in [2.75, 3.05) is 19.3 Å². The van der Waals surface area contributed by atoms with E-state index in [-0.39, 0.29) is 11.8 Å². The molecule has 100 valence electrons. The third-order valence-electron chi connectivity index (χ3n) is 3.26. The van der Waals surface area contributed by atoms with Crippen LogP contribution in [0.15, 0.2) is 18.2 Å². The van der Waals surface area contributed by atoms with Gasteiger partial charge in [0.05, 0.1) is 5.75 Å². The van der Waals surface area contributed by atoms with Crippen LogP contribution in [0.4, 0.5) is 0 Å². The lowest BCUT2D eigenvalue weighted by Gasteiger charge is -2.14. The van der Waals surface area contributed by atoms with Crippen LogP contribution >= 0.6 is 11.6 Å². The maximum atomic E-state index is 11.3. The molecule has 0 saturated carbocycles. The lowest BCUT2D eigenvalue weighted by molar-refractivity contribution is 0.539. The van der Waals surface area contributed by atoms with Crippen molar-refractivity contribution >= 4 is 21.6 Å². The molecule has 2 N–H and O–H groups in total. The standard InChI is InChI=1S/C12H17ClN2O2S/c1-14-18(16,17)7-6-15-12-5-2-9-8-10(13)3-4-11(9)12/h3-4,8,12,14-15H,2,5-7H2,1H3. The van der Waals surface area contributed by atoms with Crippen molar-refractivity contribution in [1.29, 1.82) is 0 Å². The number of sulfonamides is 1. The topological polar surface area (TPSA) is 58.2 Å². The van der Waals surface area contributed by atoms with Crippen LogP contribution in [0.1, 0.15) is 23.6 Å². The molecule has 0 amide bonds. The smallest absolute Gasteiger partial charge is 0.212 e. The number of rotatable bonds is 5. The van der Waals surface area contributed by atoms with Crippen LogP contribution in [0.2, 0.25) is 5.02 Å². The minimum atomic E-state index is -3.13. The molecule has 1 unspecified atom stereocenters. The van der Waals surface area contributed by atoms with Gasteiger partial charge in [-0.05, 0) is 43.1 Å². The van der Waals surface area contributed by atoms with Crippen LogP contribution < -0.4 is 10.0 Å². The molecule has 0 aliphatic heterocycles. The molecular formula is C12H17ClN2O2S. The van der Waals surface area contributed by atoms with Gasteiger partial charge in [-0.15, -0.1) is 0 Å². The SMILES string of the molecule is CNS(=O)(=O)CCNC1CCc2cc(Cl)ccc21. The molecule has 1 aromatic rings. The van der Waals surface area contributed by atoms with Gasteiger partial charge in [0.25, 0.3) is 0 Å². The fourth-order valence-electron chi connectivity index (χ4n) is 2.27. The van der Waals surface area contributed by atoms with E-state index in [9.17, 15) is 8.42 Å². The van der Waals surface area contributed by atoms with E-state index in [2.05, 4.69) is 10.0 Å². The second kappa shape index (κ2) is 5.57. The first-order valence-electron chi connectivity index (χ1n) is 5.95. The first-order chi connectivity index (χ1) is 8.52. The first kappa shape index (κ1) is 13.8. The van der Waals surface area contributed by atoms with Gasteiger partial charge in [-0.25, -0.2) is 13.1 Å². The predicted octanol–water partition coefficient (Wildman–Crippen LogP) is 1.47. The Morgan fingerprint density at radius 2 is 2.22 bits per heavy atom. The van der Waals surface area contributed by atoms with Gasteiger partial charge in [-0.1, -0.05) is 17.7 Å². The van der Waals surface area contributed by atoms with Crippen LogP contribution in [-0.2, 0) is 16.4 Å². The number of nitrogens with one attached hydrogen (secondary N) is 2. The monoisotopic (exact) mass is 288 g/mol. The molecule has 0 radical (unpaired) electrons.